The van der Waals surface area contributed by atoms with Crippen LogP contribution in [-0.2, 0) is 28.6 Å². The monoisotopic (exact) mass is 723 g/mol. The maximum atomic E-state index is 12.6. The Morgan fingerprint density at radius 3 is 1.37 bits per heavy atom. The quantitative estimate of drug-likeness (QED) is 0.0280. The number of hydrogen-bond acceptors (Lipinski definition) is 6. The Labute approximate surface area is 318 Å². The van der Waals surface area contributed by atoms with Crippen LogP contribution >= 0.6 is 0 Å². The van der Waals surface area contributed by atoms with Crippen molar-refractivity contribution >= 4 is 17.9 Å². The Hall–Kier alpha value is -3.41. The summed E-state index contributed by atoms with van der Waals surface area (Å²) in [6.07, 6.45) is 50.4. The van der Waals surface area contributed by atoms with Crippen LogP contribution in [-0.4, -0.2) is 37.2 Å². The second-order valence-electron chi connectivity index (χ2n) is 13.2. The number of allylic oxidation sites excluding steroid dienone is 14. The molecule has 0 aromatic heterocycles. The molecule has 0 fully saturated rings. The van der Waals surface area contributed by atoms with Crippen molar-refractivity contribution in [3.63, 3.8) is 0 Å². The highest BCUT2D eigenvalue weighted by Crippen LogP contribution is 2.11. The standard InChI is InChI=1S/C46H74O6/c1-4-7-10-13-15-17-19-20-21-22-23-24-25-26-27-29-30-33-36-39-45(48)51-42-43(41-50-44(47)38-35-32-12-9-6-3)52-46(49)40-37-34-31-28-18-16-14-11-8-5-2/h7,10-11,14-15,17,20-21,23-24,26-27,30,33,43H,4-6,8-9,12-13,16,18-19,22,25,28-29,31-32,34-42H2,1-3H3/b10-7-,14-11-,17-15-,21-20-,24-23-,27-26-,33-30-. The lowest BCUT2D eigenvalue weighted by Gasteiger charge is -2.18. The van der Waals surface area contributed by atoms with Gasteiger partial charge in [0, 0.05) is 19.3 Å². The summed E-state index contributed by atoms with van der Waals surface area (Å²) < 4.78 is 16.4. The van der Waals surface area contributed by atoms with E-state index in [0.717, 1.165) is 109 Å². The number of rotatable bonds is 35. The normalized spacial score (nSPS) is 12.9. The largest absolute Gasteiger partial charge is 0.462 e. The van der Waals surface area contributed by atoms with Gasteiger partial charge in [0.2, 0.25) is 0 Å². The van der Waals surface area contributed by atoms with E-state index in [2.05, 4.69) is 93.7 Å². The molecule has 0 saturated carbocycles. The molecule has 0 N–H and O–H groups in total. The number of carbonyl (C=O) groups is 3. The van der Waals surface area contributed by atoms with E-state index in [1.165, 1.54) is 12.8 Å². The second kappa shape index (κ2) is 40.4. The van der Waals surface area contributed by atoms with Crippen molar-refractivity contribution in [2.45, 2.75) is 175 Å². The van der Waals surface area contributed by atoms with Gasteiger partial charge in [0.1, 0.15) is 13.2 Å². The van der Waals surface area contributed by atoms with Crippen LogP contribution in [0, 0.1) is 0 Å². The molecule has 0 aromatic rings. The molecule has 294 valence electrons. The van der Waals surface area contributed by atoms with E-state index in [9.17, 15) is 14.4 Å². The molecular weight excluding hydrogens is 648 g/mol. The van der Waals surface area contributed by atoms with Crippen LogP contribution in [0.2, 0.25) is 0 Å². The summed E-state index contributed by atoms with van der Waals surface area (Å²) in [5, 5.41) is 0. The molecule has 0 heterocycles. The molecule has 52 heavy (non-hydrogen) atoms. The SMILES string of the molecule is CC/C=C\C/C=C\C/C=C\C/C=C\C/C=C\C/C=C\CCC(=O)OCC(COC(=O)CCCCCCC)OC(=O)CCCCCCC/C=C\CCC. The van der Waals surface area contributed by atoms with E-state index in [1.807, 2.05) is 12.2 Å². The smallest absolute Gasteiger partial charge is 0.306 e. The average molecular weight is 723 g/mol. The maximum absolute atomic E-state index is 12.6. The van der Waals surface area contributed by atoms with Crippen molar-refractivity contribution in [1.29, 1.82) is 0 Å². The van der Waals surface area contributed by atoms with Gasteiger partial charge in [0.25, 0.3) is 0 Å². The number of carbonyl (C=O) groups excluding carboxylic acids is 3. The molecule has 0 rings (SSSR count). The second-order valence-corrected chi connectivity index (χ2v) is 13.2. The van der Waals surface area contributed by atoms with E-state index in [0.29, 0.717) is 19.3 Å². The first-order valence-electron chi connectivity index (χ1n) is 20.6. The van der Waals surface area contributed by atoms with Crippen molar-refractivity contribution in [2.24, 2.45) is 0 Å². The van der Waals surface area contributed by atoms with Crippen molar-refractivity contribution < 1.29 is 28.6 Å². The molecule has 0 saturated heterocycles. The molecule has 0 radical (unpaired) electrons. The number of ether oxygens (including phenoxy) is 3. The van der Waals surface area contributed by atoms with E-state index < -0.39 is 6.10 Å². The lowest BCUT2D eigenvalue weighted by atomic mass is 10.1. The highest BCUT2D eigenvalue weighted by atomic mass is 16.6. The van der Waals surface area contributed by atoms with Crippen molar-refractivity contribution in [3.8, 4) is 0 Å². The molecule has 0 aliphatic rings. The van der Waals surface area contributed by atoms with Crippen LogP contribution in [0.4, 0.5) is 0 Å². The minimum absolute atomic E-state index is 0.106. The third-order valence-electron chi connectivity index (χ3n) is 8.13. The summed E-state index contributed by atoms with van der Waals surface area (Å²) in [6.45, 7) is 6.26. The van der Waals surface area contributed by atoms with Gasteiger partial charge in [0.15, 0.2) is 6.10 Å². The Bertz CT molecular complexity index is 1060. The van der Waals surface area contributed by atoms with Gasteiger partial charge in [-0.3, -0.25) is 14.4 Å². The predicted molar refractivity (Wildman–Crippen MR) is 219 cm³/mol. The van der Waals surface area contributed by atoms with E-state index in [1.54, 1.807) is 0 Å². The summed E-state index contributed by atoms with van der Waals surface area (Å²) in [5.41, 5.74) is 0. The summed E-state index contributed by atoms with van der Waals surface area (Å²) >= 11 is 0. The fourth-order valence-electron chi connectivity index (χ4n) is 5.06. The van der Waals surface area contributed by atoms with E-state index in [4.69, 9.17) is 14.2 Å². The minimum atomic E-state index is -0.804. The zero-order valence-electron chi connectivity index (χ0n) is 33.3. The van der Waals surface area contributed by atoms with Crippen LogP contribution < -0.4 is 0 Å². The molecule has 6 nitrogen and oxygen atoms in total. The van der Waals surface area contributed by atoms with Gasteiger partial charge in [-0.25, -0.2) is 0 Å². The number of unbranched alkanes of at least 4 members (excludes halogenated alkanes) is 10. The van der Waals surface area contributed by atoms with Crippen LogP contribution in [0.25, 0.3) is 0 Å². The first-order valence-corrected chi connectivity index (χ1v) is 20.6. The average Bonchev–Trinajstić information content (AvgIpc) is 3.14. The highest BCUT2D eigenvalue weighted by Gasteiger charge is 2.19. The molecule has 0 amide bonds. The van der Waals surface area contributed by atoms with Crippen LogP contribution in [0.5, 0.6) is 0 Å². The van der Waals surface area contributed by atoms with Gasteiger partial charge >= 0.3 is 17.9 Å². The fourth-order valence-corrected chi connectivity index (χ4v) is 5.06. The van der Waals surface area contributed by atoms with E-state index >= 15 is 0 Å². The van der Waals surface area contributed by atoms with Gasteiger partial charge < -0.3 is 14.2 Å². The highest BCUT2D eigenvalue weighted by molar-refractivity contribution is 5.71. The van der Waals surface area contributed by atoms with Crippen LogP contribution in [0.15, 0.2) is 85.1 Å². The first-order chi connectivity index (χ1) is 25.5. The van der Waals surface area contributed by atoms with Gasteiger partial charge in [-0.05, 0) is 77.0 Å². The van der Waals surface area contributed by atoms with E-state index in [-0.39, 0.29) is 37.5 Å². The van der Waals surface area contributed by atoms with Crippen molar-refractivity contribution in [2.75, 3.05) is 13.2 Å². The molecule has 1 atom stereocenters. The molecule has 0 aliphatic heterocycles. The third kappa shape index (κ3) is 37.8. The van der Waals surface area contributed by atoms with Gasteiger partial charge in [-0.1, -0.05) is 157 Å². The fraction of sp³-hybridized carbons (Fsp3) is 0.630. The summed E-state index contributed by atoms with van der Waals surface area (Å²) in [7, 11) is 0. The lowest BCUT2D eigenvalue weighted by Crippen LogP contribution is -2.30. The zero-order valence-corrected chi connectivity index (χ0v) is 33.3. The van der Waals surface area contributed by atoms with Crippen molar-refractivity contribution in [3.05, 3.63) is 85.1 Å². The molecule has 1 unspecified atom stereocenters. The summed E-state index contributed by atoms with van der Waals surface area (Å²) in [4.78, 5) is 37.3. The van der Waals surface area contributed by atoms with Crippen LogP contribution in [0.1, 0.15) is 168 Å². The molecule has 6 heteroatoms. The number of esters is 3. The Morgan fingerprint density at radius 1 is 0.404 bits per heavy atom. The third-order valence-corrected chi connectivity index (χ3v) is 8.13. The molecule has 0 spiro atoms. The lowest BCUT2D eigenvalue weighted by molar-refractivity contribution is -0.166. The summed E-state index contributed by atoms with van der Waals surface area (Å²) in [6, 6.07) is 0. The topological polar surface area (TPSA) is 78.9 Å². The molecule has 0 aliphatic carbocycles. The molecular formula is C46H74O6. The molecule has 0 aromatic carbocycles. The maximum Gasteiger partial charge on any atom is 0.306 e. The van der Waals surface area contributed by atoms with Crippen LogP contribution in [0.3, 0.4) is 0 Å². The minimum Gasteiger partial charge on any atom is -0.462 e. The zero-order chi connectivity index (χ0) is 38.0. The predicted octanol–water partition coefficient (Wildman–Crippen LogP) is 12.9. The van der Waals surface area contributed by atoms with Gasteiger partial charge in [-0.2, -0.15) is 0 Å². The molecule has 0 bridgehead atoms. The Morgan fingerprint density at radius 2 is 0.827 bits per heavy atom. The number of hydrogen-bond donors (Lipinski definition) is 0. The first kappa shape index (κ1) is 48.6. The summed E-state index contributed by atoms with van der Waals surface area (Å²) in [5.74, 6) is -1.03. The Kier molecular flexibility index (Phi) is 37.7. The van der Waals surface area contributed by atoms with Gasteiger partial charge in [0.05, 0.1) is 0 Å². The van der Waals surface area contributed by atoms with Gasteiger partial charge in [-0.15, -0.1) is 0 Å². The van der Waals surface area contributed by atoms with Crippen molar-refractivity contribution in [1.82, 2.24) is 0 Å². The Balaban J connectivity index is 4.39.